The van der Waals surface area contributed by atoms with Crippen LogP contribution in [-0.2, 0) is 0 Å². The first-order chi connectivity index (χ1) is 10.4. The van der Waals surface area contributed by atoms with Crippen molar-refractivity contribution in [2.75, 3.05) is 0 Å². The summed E-state index contributed by atoms with van der Waals surface area (Å²) in [5, 5.41) is 12.4. The Morgan fingerprint density at radius 3 is 2.86 bits per heavy atom. The molecule has 0 bridgehead atoms. The maximum Gasteiger partial charge on any atom is 0.112 e. The van der Waals surface area contributed by atoms with Gasteiger partial charge in [0.2, 0.25) is 0 Å². The average Bonchev–Trinajstić information content (AvgIpc) is 3.24. The van der Waals surface area contributed by atoms with Crippen LogP contribution in [0.2, 0.25) is 0 Å². The molecule has 0 fully saturated rings. The third-order valence-electron chi connectivity index (χ3n) is 3.42. The van der Waals surface area contributed by atoms with Crippen molar-refractivity contribution in [3.05, 3.63) is 52.3 Å². The van der Waals surface area contributed by atoms with Gasteiger partial charge in [0.1, 0.15) is 10.9 Å². The molecule has 0 unspecified atom stereocenters. The molecule has 4 rings (SSSR count). The normalized spacial score (nSPS) is 10.8. The van der Waals surface area contributed by atoms with Crippen molar-refractivity contribution in [3.63, 3.8) is 0 Å². The fraction of sp³-hybridized carbons (Fsp3) is 0. The molecule has 0 saturated heterocycles. The Hall–Kier alpha value is -2.42. The molecule has 0 saturated carbocycles. The first-order valence-corrected chi connectivity index (χ1v) is 8.12. The molecule has 100 valence electrons. The Labute approximate surface area is 129 Å². The molecule has 0 aliphatic carbocycles. The highest BCUT2D eigenvalue weighted by molar-refractivity contribution is 7.13. The lowest BCUT2D eigenvalue weighted by atomic mass is 10.0. The maximum atomic E-state index is 9.34. The summed E-state index contributed by atoms with van der Waals surface area (Å²) in [7, 11) is 0. The summed E-state index contributed by atoms with van der Waals surface area (Å²) in [6, 6.07) is 12.5. The van der Waals surface area contributed by atoms with Crippen molar-refractivity contribution in [1.29, 1.82) is 5.26 Å². The minimum Gasteiger partial charge on any atom is -0.353 e. The predicted octanol–water partition coefficient (Wildman–Crippen LogP) is 4.89. The zero-order valence-corrected chi connectivity index (χ0v) is 12.5. The number of thiazole rings is 1. The zero-order valence-electron chi connectivity index (χ0n) is 10.8. The molecule has 0 amide bonds. The van der Waals surface area contributed by atoms with E-state index in [2.05, 4.69) is 28.2 Å². The van der Waals surface area contributed by atoms with E-state index in [1.165, 1.54) is 11.3 Å². The summed E-state index contributed by atoms with van der Waals surface area (Å²) >= 11 is 3.07. The second-order valence-corrected chi connectivity index (χ2v) is 6.36. The molecule has 3 aromatic heterocycles. The van der Waals surface area contributed by atoms with E-state index in [0.717, 1.165) is 37.5 Å². The van der Waals surface area contributed by atoms with Crippen LogP contribution >= 0.6 is 22.7 Å². The summed E-state index contributed by atoms with van der Waals surface area (Å²) < 4.78 is 0. The highest BCUT2D eigenvalue weighted by atomic mass is 32.1. The van der Waals surface area contributed by atoms with Crippen LogP contribution in [0.15, 0.2) is 47.4 Å². The van der Waals surface area contributed by atoms with Crippen molar-refractivity contribution in [2.24, 2.45) is 0 Å². The topological polar surface area (TPSA) is 52.5 Å². The number of fused-ring (bicyclic) bond motifs is 1. The molecular formula is C16H9N3S2. The standard InChI is InChI=1S/C16H9N3S2/c17-7-13-11(5-6-20-13)15-10-3-1-2-4-12(10)19-16(15)14-8-18-9-21-14/h1-6,8-9,19H. The second-order valence-electron chi connectivity index (χ2n) is 4.56. The first-order valence-electron chi connectivity index (χ1n) is 6.36. The van der Waals surface area contributed by atoms with E-state index in [4.69, 9.17) is 0 Å². The smallest absolute Gasteiger partial charge is 0.112 e. The van der Waals surface area contributed by atoms with Gasteiger partial charge in [0.05, 0.1) is 16.1 Å². The van der Waals surface area contributed by atoms with Crippen molar-refractivity contribution < 1.29 is 0 Å². The highest BCUT2D eigenvalue weighted by Crippen LogP contribution is 2.41. The number of hydrogen-bond acceptors (Lipinski definition) is 4. The summed E-state index contributed by atoms with van der Waals surface area (Å²) in [5.74, 6) is 0. The monoisotopic (exact) mass is 307 g/mol. The van der Waals surface area contributed by atoms with E-state index in [1.54, 1.807) is 11.3 Å². The Kier molecular flexibility index (Phi) is 2.85. The maximum absolute atomic E-state index is 9.34. The second kappa shape index (κ2) is 4.85. The predicted molar refractivity (Wildman–Crippen MR) is 87.4 cm³/mol. The Morgan fingerprint density at radius 2 is 2.05 bits per heavy atom. The number of aromatic amines is 1. The van der Waals surface area contributed by atoms with Crippen molar-refractivity contribution in [3.8, 4) is 27.8 Å². The van der Waals surface area contributed by atoms with Gasteiger partial charge in [0.15, 0.2) is 0 Å². The molecule has 5 heteroatoms. The van der Waals surface area contributed by atoms with Crippen LogP contribution in [0.25, 0.3) is 32.6 Å². The molecule has 0 aliphatic heterocycles. The number of para-hydroxylation sites is 1. The van der Waals surface area contributed by atoms with Gasteiger partial charge >= 0.3 is 0 Å². The minimum absolute atomic E-state index is 0.741. The molecule has 1 N–H and O–H groups in total. The average molecular weight is 307 g/mol. The molecule has 3 nitrogen and oxygen atoms in total. The minimum atomic E-state index is 0.741. The summed E-state index contributed by atoms with van der Waals surface area (Å²) in [5.41, 5.74) is 6.01. The number of nitriles is 1. The van der Waals surface area contributed by atoms with Crippen molar-refractivity contribution in [1.82, 2.24) is 9.97 Å². The summed E-state index contributed by atoms with van der Waals surface area (Å²) in [6.07, 6.45) is 1.86. The van der Waals surface area contributed by atoms with Crippen LogP contribution in [-0.4, -0.2) is 9.97 Å². The van der Waals surface area contributed by atoms with Gasteiger partial charge in [0, 0.05) is 28.2 Å². The van der Waals surface area contributed by atoms with Gasteiger partial charge in [-0.15, -0.1) is 22.7 Å². The molecule has 0 spiro atoms. The lowest BCUT2D eigenvalue weighted by molar-refractivity contribution is 1.40. The number of thiophene rings is 1. The van der Waals surface area contributed by atoms with Crippen LogP contribution in [0.3, 0.4) is 0 Å². The molecule has 1 aromatic carbocycles. The molecule has 4 aromatic rings. The Bertz CT molecular complexity index is 955. The largest absolute Gasteiger partial charge is 0.353 e. The van der Waals surface area contributed by atoms with Crippen LogP contribution in [0.5, 0.6) is 0 Å². The number of H-pyrrole nitrogens is 1. The van der Waals surface area contributed by atoms with Crippen LogP contribution < -0.4 is 0 Å². The number of nitrogens with one attached hydrogen (secondary N) is 1. The third kappa shape index (κ3) is 1.88. The molecular weight excluding hydrogens is 298 g/mol. The van der Waals surface area contributed by atoms with E-state index < -0.39 is 0 Å². The molecule has 0 atom stereocenters. The van der Waals surface area contributed by atoms with Crippen LogP contribution in [0.4, 0.5) is 0 Å². The highest BCUT2D eigenvalue weighted by Gasteiger charge is 2.18. The van der Waals surface area contributed by atoms with E-state index in [9.17, 15) is 5.26 Å². The van der Waals surface area contributed by atoms with Gasteiger partial charge in [0.25, 0.3) is 0 Å². The number of aromatic nitrogens is 2. The van der Waals surface area contributed by atoms with E-state index >= 15 is 0 Å². The fourth-order valence-electron chi connectivity index (χ4n) is 2.54. The van der Waals surface area contributed by atoms with Gasteiger partial charge in [-0.3, -0.25) is 4.98 Å². The molecule has 0 aliphatic rings. The Balaban J connectivity index is 2.11. The van der Waals surface area contributed by atoms with Gasteiger partial charge in [-0.1, -0.05) is 18.2 Å². The van der Waals surface area contributed by atoms with E-state index in [-0.39, 0.29) is 0 Å². The molecule has 21 heavy (non-hydrogen) atoms. The van der Waals surface area contributed by atoms with Crippen molar-refractivity contribution in [2.45, 2.75) is 0 Å². The number of nitrogens with zero attached hydrogens (tertiary/aromatic N) is 2. The summed E-state index contributed by atoms with van der Waals surface area (Å²) in [6.45, 7) is 0. The molecule has 0 radical (unpaired) electrons. The van der Waals surface area contributed by atoms with Gasteiger partial charge in [-0.25, -0.2) is 0 Å². The van der Waals surface area contributed by atoms with Gasteiger partial charge in [-0.05, 0) is 17.5 Å². The van der Waals surface area contributed by atoms with Gasteiger partial charge in [-0.2, -0.15) is 5.26 Å². The Morgan fingerprint density at radius 1 is 1.14 bits per heavy atom. The first kappa shape index (κ1) is 12.3. The number of rotatable bonds is 2. The third-order valence-corrected chi connectivity index (χ3v) is 5.03. The van der Waals surface area contributed by atoms with Crippen molar-refractivity contribution >= 4 is 33.6 Å². The van der Waals surface area contributed by atoms with E-state index in [1.807, 2.05) is 35.3 Å². The lowest BCUT2D eigenvalue weighted by Crippen LogP contribution is -1.80. The van der Waals surface area contributed by atoms with Crippen LogP contribution in [0.1, 0.15) is 4.88 Å². The van der Waals surface area contributed by atoms with Gasteiger partial charge < -0.3 is 4.98 Å². The SMILES string of the molecule is N#Cc1sccc1-c1c(-c2cncs2)[nH]c2ccccc12. The fourth-order valence-corrected chi connectivity index (χ4v) is 3.86. The molecule has 3 heterocycles. The van der Waals surface area contributed by atoms with Crippen LogP contribution in [0, 0.1) is 11.3 Å². The quantitative estimate of drug-likeness (QED) is 0.573. The van der Waals surface area contributed by atoms with E-state index in [0.29, 0.717) is 0 Å². The summed E-state index contributed by atoms with van der Waals surface area (Å²) in [4.78, 5) is 9.46. The zero-order chi connectivity index (χ0) is 14.2. The number of hydrogen-bond donors (Lipinski definition) is 1. The lowest BCUT2D eigenvalue weighted by Gasteiger charge is -2.01. The number of benzene rings is 1.